The molecule has 1 aliphatic heterocycles. The number of tetrazole rings is 1. The van der Waals surface area contributed by atoms with Gasteiger partial charge in [0.25, 0.3) is 0 Å². The largest absolute Gasteiger partial charge is 0.379 e. The fourth-order valence-corrected chi connectivity index (χ4v) is 3.82. The Balaban J connectivity index is 1.50. The summed E-state index contributed by atoms with van der Waals surface area (Å²) in [6.07, 6.45) is 4.95. The average molecular weight is 406 g/mol. The summed E-state index contributed by atoms with van der Waals surface area (Å²) in [6, 6.07) is 3.92. The highest BCUT2D eigenvalue weighted by Gasteiger charge is 2.16. The van der Waals surface area contributed by atoms with Gasteiger partial charge in [-0.3, -0.25) is 14.7 Å². The standard InChI is InChI=1S/C18H27N7O2S/c1-23-18(20-21-22-23)28-14-5-17(26)25(15-16-3-6-19-7-4-16)9-2-8-24-10-12-27-13-11-24/h3-4,6-7H,2,5,8-15H2,1H3. The molecule has 2 aromatic heterocycles. The predicted octanol–water partition coefficient (Wildman–Crippen LogP) is 0.838. The molecule has 0 atom stereocenters. The number of carbonyl (C=O) groups excluding carboxylic acids is 1. The summed E-state index contributed by atoms with van der Waals surface area (Å²) >= 11 is 1.50. The lowest BCUT2D eigenvalue weighted by molar-refractivity contribution is -0.131. The first-order valence-corrected chi connectivity index (χ1v) is 10.5. The average Bonchev–Trinajstić information content (AvgIpc) is 3.13. The zero-order valence-electron chi connectivity index (χ0n) is 16.2. The zero-order chi connectivity index (χ0) is 19.6. The fraction of sp³-hybridized carbons (Fsp3) is 0.611. The van der Waals surface area contributed by atoms with Crippen LogP contribution in [-0.2, 0) is 23.1 Å². The smallest absolute Gasteiger partial charge is 0.223 e. The van der Waals surface area contributed by atoms with Crippen LogP contribution in [0.1, 0.15) is 18.4 Å². The third kappa shape index (κ3) is 6.54. The van der Waals surface area contributed by atoms with Crippen LogP contribution in [0.15, 0.2) is 29.7 Å². The van der Waals surface area contributed by atoms with E-state index in [1.807, 2.05) is 17.0 Å². The van der Waals surface area contributed by atoms with E-state index in [4.69, 9.17) is 4.74 Å². The predicted molar refractivity (Wildman–Crippen MR) is 106 cm³/mol. The Morgan fingerprint density at radius 2 is 2.07 bits per heavy atom. The van der Waals surface area contributed by atoms with Gasteiger partial charge in [0.05, 0.1) is 13.2 Å². The first-order valence-electron chi connectivity index (χ1n) is 9.54. The van der Waals surface area contributed by atoms with Crippen LogP contribution in [0.25, 0.3) is 0 Å². The number of hydrogen-bond acceptors (Lipinski definition) is 8. The Labute approximate surface area is 169 Å². The van der Waals surface area contributed by atoms with Crippen molar-refractivity contribution in [3.8, 4) is 0 Å². The molecule has 3 heterocycles. The summed E-state index contributed by atoms with van der Waals surface area (Å²) < 4.78 is 7.01. The van der Waals surface area contributed by atoms with Crippen LogP contribution in [-0.4, -0.2) is 86.0 Å². The lowest BCUT2D eigenvalue weighted by Gasteiger charge is -2.28. The zero-order valence-corrected chi connectivity index (χ0v) is 17.1. The Morgan fingerprint density at radius 3 is 2.79 bits per heavy atom. The lowest BCUT2D eigenvalue weighted by atomic mass is 10.2. The van der Waals surface area contributed by atoms with E-state index in [1.165, 1.54) is 11.8 Å². The topological polar surface area (TPSA) is 89.3 Å². The van der Waals surface area contributed by atoms with Crippen LogP contribution in [0.3, 0.4) is 0 Å². The molecular weight excluding hydrogens is 378 g/mol. The van der Waals surface area contributed by atoms with Crippen molar-refractivity contribution in [3.63, 3.8) is 0 Å². The second-order valence-corrected chi connectivity index (χ2v) is 7.72. The van der Waals surface area contributed by atoms with Gasteiger partial charge in [0.1, 0.15) is 0 Å². The van der Waals surface area contributed by atoms with Gasteiger partial charge in [-0.15, -0.1) is 5.10 Å². The molecule has 0 N–H and O–H groups in total. The molecule has 0 aliphatic carbocycles. The van der Waals surface area contributed by atoms with Gasteiger partial charge in [-0.05, 0) is 34.5 Å². The molecular formula is C18H27N7O2S. The van der Waals surface area contributed by atoms with Crippen molar-refractivity contribution < 1.29 is 9.53 Å². The second kappa shape index (κ2) is 11.1. The normalized spacial score (nSPS) is 14.9. The Bertz CT molecular complexity index is 722. The molecule has 0 saturated carbocycles. The summed E-state index contributed by atoms with van der Waals surface area (Å²) in [5, 5.41) is 12.1. The minimum atomic E-state index is 0.154. The van der Waals surface area contributed by atoms with Gasteiger partial charge >= 0.3 is 0 Å². The van der Waals surface area contributed by atoms with E-state index in [9.17, 15) is 4.79 Å². The summed E-state index contributed by atoms with van der Waals surface area (Å²) in [6.45, 7) is 5.89. The second-order valence-electron chi connectivity index (χ2n) is 6.66. The number of rotatable bonds is 10. The number of morpholine rings is 1. The minimum Gasteiger partial charge on any atom is -0.379 e. The van der Waals surface area contributed by atoms with Crippen LogP contribution in [0.2, 0.25) is 0 Å². The molecule has 9 nitrogen and oxygen atoms in total. The fourth-order valence-electron chi connectivity index (χ4n) is 3.04. The first-order chi connectivity index (χ1) is 13.7. The molecule has 0 radical (unpaired) electrons. The van der Waals surface area contributed by atoms with Crippen LogP contribution < -0.4 is 0 Å². The maximum Gasteiger partial charge on any atom is 0.223 e. The third-order valence-corrected chi connectivity index (χ3v) is 5.62. The molecule has 152 valence electrons. The van der Waals surface area contributed by atoms with Gasteiger partial charge in [0, 0.05) is 64.3 Å². The molecule has 0 bridgehead atoms. The Hall–Kier alpha value is -2.04. The molecule has 10 heteroatoms. The highest BCUT2D eigenvalue weighted by Crippen LogP contribution is 2.15. The highest BCUT2D eigenvalue weighted by molar-refractivity contribution is 7.99. The number of aromatic nitrogens is 5. The van der Waals surface area contributed by atoms with Crippen molar-refractivity contribution in [1.82, 2.24) is 35.0 Å². The van der Waals surface area contributed by atoms with E-state index >= 15 is 0 Å². The van der Waals surface area contributed by atoms with E-state index in [-0.39, 0.29) is 5.91 Å². The van der Waals surface area contributed by atoms with Gasteiger partial charge < -0.3 is 9.64 Å². The van der Waals surface area contributed by atoms with E-state index in [0.29, 0.717) is 18.7 Å². The van der Waals surface area contributed by atoms with Crippen molar-refractivity contribution in [3.05, 3.63) is 30.1 Å². The van der Waals surface area contributed by atoms with E-state index in [0.717, 1.165) is 56.5 Å². The quantitative estimate of drug-likeness (QED) is 0.537. The minimum absolute atomic E-state index is 0.154. The number of ether oxygens (including phenoxy) is 1. The molecule has 0 spiro atoms. The third-order valence-electron chi connectivity index (χ3n) is 4.61. The van der Waals surface area contributed by atoms with Crippen molar-refractivity contribution >= 4 is 17.7 Å². The van der Waals surface area contributed by atoms with Crippen molar-refractivity contribution in [2.45, 2.75) is 24.5 Å². The van der Waals surface area contributed by atoms with Gasteiger partial charge in [-0.1, -0.05) is 11.8 Å². The van der Waals surface area contributed by atoms with Crippen LogP contribution >= 0.6 is 11.8 Å². The molecule has 1 saturated heterocycles. The van der Waals surface area contributed by atoms with Gasteiger partial charge in [0.15, 0.2) is 0 Å². The molecule has 0 aromatic carbocycles. The lowest BCUT2D eigenvalue weighted by Crippen LogP contribution is -2.39. The molecule has 3 rings (SSSR count). The van der Waals surface area contributed by atoms with E-state index in [1.54, 1.807) is 24.1 Å². The summed E-state index contributed by atoms with van der Waals surface area (Å²) in [5.74, 6) is 0.810. The number of nitrogens with zero attached hydrogens (tertiary/aromatic N) is 7. The Morgan fingerprint density at radius 1 is 1.29 bits per heavy atom. The van der Waals surface area contributed by atoms with Crippen LogP contribution in [0.5, 0.6) is 0 Å². The highest BCUT2D eigenvalue weighted by atomic mass is 32.2. The summed E-state index contributed by atoms with van der Waals surface area (Å²) in [5.41, 5.74) is 1.10. The van der Waals surface area contributed by atoms with E-state index in [2.05, 4.69) is 25.4 Å². The molecule has 1 fully saturated rings. The first kappa shape index (κ1) is 20.7. The number of amides is 1. The maximum absolute atomic E-state index is 12.8. The van der Waals surface area contributed by atoms with Crippen LogP contribution in [0, 0.1) is 0 Å². The summed E-state index contributed by atoms with van der Waals surface area (Å²) in [4.78, 5) is 21.3. The SMILES string of the molecule is Cn1nnnc1SCCC(=O)N(CCCN1CCOCC1)Cc1ccncc1. The van der Waals surface area contributed by atoms with E-state index < -0.39 is 0 Å². The number of carbonyl (C=O) groups is 1. The summed E-state index contributed by atoms with van der Waals surface area (Å²) in [7, 11) is 1.80. The molecule has 2 aromatic rings. The number of hydrogen-bond donors (Lipinski definition) is 0. The number of aryl methyl sites for hydroxylation is 1. The van der Waals surface area contributed by atoms with Gasteiger partial charge in [-0.2, -0.15) is 0 Å². The van der Waals surface area contributed by atoms with Gasteiger partial charge in [-0.25, -0.2) is 4.68 Å². The molecule has 1 amide bonds. The maximum atomic E-state index is 12.8. The van der Waals surface area contributed by atoms with Crippen LogP contribution in [0.4, 0.5) is 0 Å². The number of pyridine rings is 1. The molecule has 28 heavy (non-hydrogen) atoms. The molecule has 1 aliphatic rings. The number of thioether (sulfide) groups is 1. The van der Waals surface area contributed by atoms with Crippen molar-refractivity contribution in [1.29, 1.82) is 0 Å². The monoisotopic (exact) mass is 405 g/mol. The van der Waals surface area contributed by atoms with Crippen molar-refractivity contribution in [2.24, 2.45) is 7.05 Å². The van der Waals surface area contributed by atoms with Gasteiger partial charge in [0.2, 0.25) is 11.1 Å². The Kier molecular flexibility index (Phi) is 8.19. The van der Waals surface area contributed by atoms with Crippen molar-refractivity contribution in [2.75, 3.05) is 45.1 Å². The molecule has 0 unspecified atom stereocenters.